The molecule has 0 bridgehead atoms. The third-order valence-corrected chi connectivity index (χ3v) is 2.48. The van der Waals surface area contributed by atoms with Gasteiger partial charge in [-0.15, -0.1) is 0 Å². The van der Waals surface area contributed by atoms with Crippen molar-refractivity contribution in [3.05, 3.63) is 30.5 Å². The third kappa shape index (κ3) is 3.89. The van der Waals surface area contributed by atoms with E-state index in [4.69, 9.17) is 5.11 Å². The number of nitrogens with zero attached hydrogens (tertiary/aromatic N) is 3. The summed E-state index contributed by atoms with van der Waals surface area (Å²) in [6.07, 6.45) is 1.73. The number of pyridine rings is 1. The minimum atomic E-state index is 0.0319. The number of nitrogens with one attached hydrogen (secondary N) is 2. The van der Waals surface area contributed by atoms with E-state index < -0.39 is 0 Å². The average molecular weight is 273 g/mol. The van der Waals surface area contributed by atoms with Crippen molar-refractivity contribution < 1.29 is 5.11 Å². The monoisotopic (exact) mass is 273 g/mol. The van der Waals surface area contributed by atoms with E-state index in [0.29, 0.717) is 12.5 Å². The van der Waals surface area contributed by atoms with Crippen LogP contribution in [0.4, 0.5) is 11.8 Å². The second-order valence-corrected chi connectivity index (χ2v) is 4.63. The van der Waals surface area contributed by atoms with Crippen LogP contribution in [0.2, 0.25) is 0 Å². The molecule has 2 aromatic rings. The number of rotatable bonds is 6. The van der Waals surface area contributed by atoms with E-state index in [1.165, 1.54) is 0 Å². The zero-order chi connectivity index (χ0) is 14.4. The molecule has 3 N–H and O–H groups in total. The van der Waals surface area contributed by atoms with E-state index in [1.54, 1.807) is 6.20 Å². The van der Waals surface area contributed by atoms with Crippen LogP contribution in [0, 0.1) is 0 Å². The molecule has 0 amide bonds. The number of aliphatic hydroxyl groups is 1. The maximum absolute atomic E-state index is 8.88. The van der Waals surface area contributed by atoms with Gasteiger partial charge in [0.2, 0.25) is 5.95 Å². The number of hydrogen-bond donors (Lipinski definition) is 3. The Kier molecular flexibility index (Phi) is 4.84. The van der Waals surface area contributed by atoms with E-state index in [1.807, 2.05) is 38.1 Å². The fourth-order valence-corrected chi connectivity index (χ4v) is 1.71. The van der Waals surface area contributed by atoms with Gasteiger partial charge in [0.25, 0.3) is 0 Å². The van der Waals surface area contributed by atoms with Gasteiger partial charge in [-0.1, -0.05) is 6.07 Å². The van der Waals surface area contributed by atoms with Gasteiger partial charge < -0.3 is 15.7 Å². The van der Waals surface area contributed by atoms with Crippen LogP contribution >= 0.6 is 0 Å². The van der Waals surface area contributed by atoms with Gasteiger partial charge in [0.05, 0.1) is 18.0 Å². The molecule has 0 aliphatic carbocycles. The molecule has 0 radical (unpaired) electrons. The Morgan fingerprint density at radius 3 is 2.70 bits per heavy atom. The summed E-state index contributed by atoms with van der Waals surface area (Å²) >= 11 is 0. The summed E-state index contributed by atoms with van der Waals surface area (Å²) in [6.45, 7) is 4.53. The Balaban J connectivity index is 2.34. The lowest BCUT2D eigenvalue weighted by molar-refractivity contribution is 0.311. The molecule has 0 aliphatic heterocycles. The third-order valence-electron chi connectivity index (χ3n) is 2.48. The van der Waals surface area contributed by atoms with Crippen LogP contribution in [0.25, 0.3) is 11.4 Å². The van der Waals surface area contributed by atoms with Crippen LogP contribution in [0.1, 0.15) is 13.8 Å². The van der Waals surface area contributed by atoms with Crippen molar-refractivity contribution >= 4 is 11.8 Å². The van der Waals surface area contributed by atoms with Crippen molar-refractivity contribution in [1.29, 1.82) is 0 Å². The topological polar surface area (TPSA) is 83.0 Å². The fourth-order valence-electron chi connectivity index (χ4n) is 1.71. The molecule has 0 spiro atoms. The van der Waals surface area contributed by atoms with Crippen LogP contribution in [-0.2, 0) is 0 Å². The molecule has 0 saturated heterocycles. The molecular formula is C14H19N5O. The van der Waals surface area contributed by atoms with Crippen LogP contribution in [0.15, 0.2) is 30.5 Å². The summed E-state index contributed by atoms with van der Waals surface area (Å²) < 4.78 is 0. The van der Waals surface area contributed by atoms with Gasteiger partial charge in [-0.25, -0.2) is 4.98 Å². The molecule has 0 atom stereocenters. The predicted octanol–water partition coefficient (Wildman–Crippen LogP) is 1.76. The molecule has 6 heteroatoms. The van der Waals surface area contributed by atoms with Gasteiger partial charge in [0, 0.05) is 24.8 Å². The van der Waals surface area contributed by atoms with Gasteiger partial charge in [-0.2, -0.15) is 4.98 Å². The number of anilines is 2. The zero-order valence-electron chi connectivity index (χ0n) is 11.7. The van der Waals surface area contributed by atoms with Crippen LogP contribution in [-0.4, -0.2) is 39.3 Å². The van der Waals surface area contributed by atoms with Gasteiger partial charge >= 0.3 is 0 Å². The summed E-state index contributed by atoms with van der Waals surface area (Å²) in [6, 6.07) is 7.82. The Morgan fingerprint density at radius 2 is 2.05 bits per heavy atom. The van der Waals surface area contributed by atoms with Gasteiger partial charge in [-0.3, -0.25) is 4.98 Å². The second-order valence-electron chi connectivity index (χ2n) is 4.63. The van der Waals surface area contributed by atoms with Crippen molar-refractivity contribution in [1.82, 2.24) is 15.0 Å². The summed E-state index contributed by atoms with van der Waals surface area (Å²) in [5.74, 6) is 1.21. The number of aromatic nitrogens is 3. The summed E-state index contributed by atoms with van der Waals surface area (Å²) in [5, 5.41) is 15.1. The Morgan fingerprint density at radius 1 is 1.20 bits per heavy atom. The van der Waals surface area contributed by atoms with E-state index in [-0.39, 0.29) is 12.6 Å². The highest BCUT2D eigenvalue weighted by Crippen LogP contribution is 2.19. The highest BCUT2D eigenvalue weighted by molar-refractivity contribution is 5.61. The van der Waals surface area contributed by atoms with E-state index in [9.17, 15) is 0 Å². The molecule has 0 unspecified atom stereocenters. The fraction of sp³-hybridized carbons (Fsp3) is 0.357. The van der Waals surface area contributed by atoms with Gasteiger partial charge in [0.15, 0.2) is 0 Å². The maximum Gasteiger partial charge on any atom is 0.225 e. The summed E-state index contributed by atoms with van der Waals surface area (Å²) in [7, 11) is 0. The molecule has 20 heavy (non-hydrogen) atoms. The number of hydrogen-bond acceptors (Lipinski definition) is 6. The van der Waals surface area contributed by atoms with Crippen molar-refractivity contribution in [2.75, 3.05) is 23.8 Å². The first kappa shape index (κ1) is 14.2. The summed E-state index contributed by atoms with van der Waals surface area (Å²) in [4.78, 5) is 13.1. The average Bonchev–Trinajstić information content (AvgIpc) is 2.45. The summed E-state index contributed by atoms with van der Waals surface area (Å²) in [5.41, 5.74) is 1.53. The standard InChI is InChI=1S/C14H19N5O/c1-10(2)17-13-9-12(11-5-3-4-6-15-11)18-14(19-13)16-7-8-20/h3-6,9-10,20H,7-8H2,1-2H3,(H2,16,17,18,19). The molecule has 2 aromatic heterocycles. The minimum Gasteiger partial charge on any atom is -0.395 e. The molecule has 0 fully saturated rings. The Labute approximate surface area is 118 Å². The first-order chi connectivity index (χ1) is 9.69. The molecular weight excluding hydrogens is 254 g/mol. The lowest BCUT2D eigenvalue weighted by Crippen LogP contribution is -2.14. The maximum atomic E-state index is 8.88. The molecule has 2 rings (SSSR count). The molecule has 0 aliphatic rings. The van der Waals surface area contributed by atoms with Crippen LogP contribution in [0.3, 0.4) is 0 Å². The van der Waals surface area contributed by atoms with Gasteiger partial charge in [0.1, 0.15) is 5.82 Å². The first-order valence-electron chi connectivity index (χ1n) is 6.61. The van der Waals surface area contributed by atoms with Crippen LogP contribution in [0.5, 0.6) is 0 Å². The second kappa shape index (κ2) is 6.81. The predicted molar refractivity (Wildman–Crippen MR) is 79.6 cm³/mol. The zero-order valence-corrected chi connectivity index (χ0v) is 11.7. The van der Waals surface area contributed by atoms with Crippen molar-refractivity contribution in [3.63, 3.8) is 0 Å². The van der Waals surface area contributed by atoms with E-state index in [0.717, 1.165) is 17.2 Å². The largest absolute Gasteiger partial charge is 0.395 e. The highest BCUT2D eigenvalue weighted by Gasteiger charge is 2.08. The van der Waals surface area contributed by atoms with Crippen molar-refractivity contribution in [3.8, 4) is 11.4 Å². The quantitative estimate of drug-likeness (QED) is 0.744. The van der Waals surface area contributed by atoms with Gasteiger partial charge in [-0.05, 0) is 26.0 Å². The number of aliphatic hydroxyl groups excluding tert-OH is 1. The molecule has 6 nitrogen and oxygen atoms in total. The van der Waals surface area contributed by atoms with E-state index >= 15 is 0 Å². The lowest BCUT2D eigenvalue weighted by Gasteiger charge is -2.12. The van der Waals surface area contributed by atoms with E-state index in [2.05, 4.69) is 25.6 Å². The van der Waals surface area contributed by atoms with Crippen molar-refractivity contribution in [2.45, 2.75) is 19.9 Å². The minimum absolute atomic E-state index is 0.0319. The Bertz CT molecular complexity index is 545. The SMILES string of the molecule is CC(C)Nc1cc(-c2ccccn2)nc(NCCO)n1. The Hall–Kier alpha value is -2.21. The van der Waals surface area contributed by atoms with Crippen molar-refractivity contribution in [2.24, 2.45) is 0 Å². The molecule has 0 aromatic carbocycles. The van der Waals surface area contributed by atoms with Crippen LogP contribution < -0.4 is 10.6 Å². The molecule has 0 saturated carbocycles. The molecule has 106 valence electrons. The lowest BCUT2D eigenvalue weighted by atomic mass is 10.2. The highest BCUT2D eigenvalue weighted by atomic mass is 16.3. The smallest absolute Gasteiger partial charge is 0.225 e. The molecule has 2 heterocycles. The normalized spacial score (nSPS) is 10.6. The first-order valence-corrected chi connectivity index (χ1v) is 6.61.